The maximum absolute atomic E-state index is 9.18. The largest absolute Gasteiger partial charge is 0.392 e. The molecule has 3 heteroatoms. The third-order valence-electron chi connectivity index (χ3n) is 3.35. The molecule has 0 radical (unpaired) electrons. The summed E-state index contributed by atoms with van der Waals surface area (Å²) in [5.74, 6) is 0.834. The van der Waals surface area contributed by atoms with Crippen molar-refractivity contribution in [2.75, 3.05) is 18.0 Å². The van der Waals surface area contributed by atoms with Crippen molar-refractivity contribution in [2.45, 2.75) is 26.4 Å². The van der Waals surface area contributed by atoms with E-state index in [1.54, 1.807) is 0 Å². The van der Waals surface area contributed by atoms with Gasteiger partial charge < -0.3 is 10.0 Å². The highest BCUT2D eigenvalue weighted by Crippen LogP contribution is 2.26. The van der Waals surface area contributed by atoms with Crippen molar-refractivity contribution in [2.24, 2.45) is 5.92 Å². The molecule has 1 saturated heterocycles. The molecular formula is C13H18ClNO. The van der Waals surface area contributed by atoms with Crippen LogP contribution in [0.3, 0.4) is 0 Å². The molecule has 16 heavy (non-hydrogen) atoms. The van der Waals surface area contributed by atoms with E-state index in [0.29, 0.717) is 5.02 Å². The Hall–Kier alpha value is -0.730. The van der Waals surface area contributed by atoms with Gasteiger partial charge in [-0.1, -0.05) is 18.5 Å². The van der Waals surface area contributed by atoms with Crippen LogP contribution in [0.25, 0.3) is 0 Å². The number of aliphatic hydroxyl groups excluding tert-OH is 1. The molecule has 0 aromatic heterocycles. The molecule has 88 valence electrons. The smallest absolute Gasteiger partial charge is 0.0697 e. The molecule has 0 bridgehead atoms. The molecule has 0 amide bonds. The summed E-state index contributed by atoms with van der Waals surface area (Å²) >= 11 is 5.98. The van der Waals surface area contributed by atoms with Gasteiger partial charge in [0.15, 0.2) is 0 Å². The molecule has 2 nitrogen and oxygen atoms in total. The Labute approximate surface area is 102 Å². The lowest BCUT2D eigenvalue weighted by molar-refractivity contribution is 0.282. The number of nitrogens with zero attached hydrogens (tertiary/aromatic N) is 1. The van der Waals surface area contributed by atoms with Gasteiger partial charge in [0.1, 0.15) is 0 Å². The minimum Gasteiger partial charge on any atom is -0.392 e. The van der Waals surface area contributed by atoms with Crippen LogP contribution in [0.1, 0.15) is 25.3 Å². The first-order valence-corrected chi connectivity index (χ1v) is 6.22. The Morgan fingerprint density at radius 1 is 1.38 bits per heavy atom. The fraction of sp³-hybridized carbons (Fsp3) is 0.538. The standard InChI is InChI=1S/C13H18ClNO/c1-10-4-6-15(7-5-10)12-2-3-13(14)11(8-12)9-16/h2-3,8,10,16H,4-7,9H2,1H3. The van der Waals surface area contributed by atoms with Crippen molar-refractivity contribution in [1.82, 2.24) is 0 Å². The topological polar surface area (TPSA) is 23.5 Å². The molecule has 0 aliphatic carbocycles. The summed E-state index contributed by atoms with van der Waals surface area (Å²) in [6, 6.07) is 5.91. The molecule has 0 spiro atoms. The second-order valence-electron chi connectivity index (χ2n) is 4.60. The highest BCUT2D eigenvalue weighted by Gasteiger charge is 2.16. The second kappa shape index (κ2) is 5.07. The first kappa shape index (κ1) is 11.7. The van der Waals surface area contributed by atoms with Crippen LogP contribution in [0.15, 0.2) is 18.2 Å². The first-order valence-electron chi connectivity index (χ1n) is 5.85. The van der Waals surface area contributed by atoms with Gasteiger partial charge >= 0.3 is 0 Å². The minimum absolute atomic E-state index is 0.0108. The zero-order valence-corrected chi connectivity index (χ0v) is 10.4. The number of anilines is 1. The fourth-order valence-corrected chi connectivity index (χ4v) is 2.32. The summed E-state index contributed by atoms with van der Waals surface area (Å²) in [5.41, 5.74) is 2.00. The van der Waals surface area contributed by atoms with Gasteiger partial charge in [0.05, 0.1) is 6.61 Å². The van der Waals surface area contributed by atoms with Gasteiger partial charge in [-0.05, 0) is 42.5 Å². The molecule has 1 N–H and O–H groups in total. The number of piperidine rings is 1. The van der Waals surface area contributed by atoms with Gasteiger partial charge in [0.25, 0.3) is 0 Å². The summed E-state index contributed by atoms with van der Waals surface area (Å²) in [6.07, 6.45) is 2.49. The monoisotopic (exact) mass is 239 g/mol. The third kappa shape index (κ3) is 2.50. The van der Waals surface area contributed by atoms with Crippen molar-refractivity contribution in [3.05, 3.63) is 28.8 Å². The van der Waals surface area contributed by atoms with E-state index in [9.17, 15) is 5.11 Å². The van der Waals surface area contributed by atoms with Crippen molar-refractivity contribution in [3.8, 4) is 0 Å². The zero-order chi connectivity index (χ0) is 11.5. The zero-order valence-electron chi connectivity index (χ0n) is 9.62. The fourth-order valence-electron chi connectivity index (χ4n) is 2.15. The SMILES string of the molecule is CC1CCN(c2ccc(Cl)c(CO)c2)CC1. The average molecular weight is 240 g/mol. The molecule has 0 unspecified atom stereocenters. The summed E-state index contributed by atoms with van der Waals surface area (Å²) in [7, 11) is 0. The number of aliphatic hydroxyl groups is 1. The van der Waals surface area contributed by atoms with E-state index in [1.807, 2.05) is 18.2 Å². The third-order valence-corrected chi connectivity index (χ3v) is 3.72. The van der Waals surface area contributed by atoms with E-state index in [4.69, 9.17) is 11.6 Å². The van der Waals surface area contributed by atoms with Crippen molar-refractivity contribution in [1.29, 1.82) is 0 Å². The van der Waals surface area contributed by atoms with Gasteiger partial charge in [0.2, 0.25) is 0 Å². The maximum Gasteiger partial charge on any atom is 0.0697 e. The Morgan fingerprint density at radius 2 is 2.06 bits per heavy atom. The number of rotatable bonds is 2. The normalized spacial score (nSPS) is 17.8. The van der Waals surface area contributed by atoms with E-state index in [2.05, 4.69) is 11.8 Å². The molecule has 0 saturated carbocycles. The highest BCUT2D eigenvalue weighted by atomic mass is 35.5. The Kier molecular flexibility index (Phi) is 3.72. The predicted molar refractivity (Wildman–Crippen MR) is 68.0 cm³/mol. The maximum atomic E-state index is 9.18. The second-order valence-corrected chi connectivity index (χ2v) is 5.01. The minimum atomic E-state index is 0.0108. The van der Waals surface area contributed by atoms with Crippen LogP contribution >= 0.6 is 11.6 Å². The van der Waals surface area contributed by atoms with E-state index >= 15 is 0 Å². The van der Waals surface area contributed by atoms with Gasteiger partial charge in [-0.25, -0.2) is 0 Å². The summed E-state index contributed by atoms with van der Waals surface area (Å²) in [4.78, 5) is 2.37. The quantitative estimate of drug-likeness (QED) is 0.858. The lowest BCUT2D eigenvalue weighted by Gasteiger charge is -2.32. The number of benzene rings is 1. The summed E-state index contributed by atoms with van der Waals surface area (Å²) in [5, 5.41) is 9.83. The van der Waals surface area contributed by atoms with Crippen LogP contribution in [0.5, 0.6) is 0 Å². The first-order chi connectivity index (χ1) is 7.70. The molecule has 1 aliphatic rings. The summed E-state index contributed by atoms with van der Waals surface area (Å²) in [6.45, 7) is 4.52. The molecule has 1 fully saturated rings. The van der Waals surface area contributed by atoms with Crippen LogP contribution in [-0.4, -0.2) is 18.2 Å². The molecule has 1 heterocycles. The molecule has 0 atom stereocenters. The van der Waals surface area contributed by atoms with Crippen LogP contribution < -0.4 is 4.90 Å². The number of hydrogen-bond acceptors (Lipinski definition) is 2. The lowest BCUT2D eigenvalue weighted by Crippen LogP contribution is -2.32. The summed E-state index contributed by atoms with van der Waals surface area (Å²) < 4.78 is 0. The van der Waals surface area contributed by atoms with Crippen LogP contribution in [0, 0.1) is 5.92 Å². The van der Waals surface area contributed by atoms with E-state index in [1.165, 1.54) is 18.5 Å². The van der Waals surface area contributed by atoms with E-state index in [0.717, 1.165) is 24.6 Å². The van der Waals surface area contributed by atoms with E-state index < -0.39 is 0 Å². The Morgan fingerprint density at radius 3 is 2.69 bits per heavy atom. The van der Waals surface area contributed by atoms with Gasteiger partial charge in [-0.3, -0.25) is 0 Å². The highest BCUT2D eigenvalue weighted by molar-refractivity contribution is 6.31. The molecule has 1 aliphatic heterocycles. The predicted octanol–water partition coefficient (Wildman–Crippen LogP) is 3.07. The molecule has 1 aromatic carbocycles. The number of hydrogen-bond donors (Lipinski definition) is 1. The molecule has 2 rings (SSSR count). The van der Waals surface area contributed by atoms with Crippen molar-refractivity contribution in [3.63, 3.8) is 0 Å². The molecular weight excluding hydrogens is 222 g/mol. The van der Waals surface area contributed by atoms with Crippen LogP contribution in [-0.2, 0) is 6.61 Å². The van der Waals surface area contributed by atoms with Gasteiger partial charge in [0, 0.05) is 23.8 Å². The van der Waals surface area contributed by atoms with Crippen molar-refractivity contribution >= 4 is 17.3 Å². The molecule has 1 aromatic rings. The number of halogens is 1. The average Bonchev–Trinajstić information content (AvgIpc) is 2.31. The van der Waals surface area contributed by atoms with Crippen LogP contribution in [0.4, 0.5) is 5.69 Å². The van der Waals surface area contributed by atoms with Gasteiger partial charge in [-0.2, -0.15) is 0 Å². The Balaban J connectivity index is 2.14. The van der Waals surface area contributed by atoms with Crippen LogP contribution in [0.2, 0.25) is 5.02 Å². The van der Waals surface area contributed by atoms with Gasteiger partial charge in [-0.15, -0.1) is 0 Å². The van der Waals surface area contributed by atoms with E-state index in [-0.39, 0.29) is 6.61 Å². The van der Waals surface area contributed by atoms with Crippen molar-refractivity contribution < 1.29 is 5.11 Å². The lowest BCUT2D eigenvalue weighted by atomic mass is 9.98. The Bertz CT molecular complexity index is 359.